The van der Waals surface area contributed by atoms with E-state index in [2.05, 4.69) is 26.4 Å². The van der Waals surface area contributed by atoms with Crippen molar-refractivity contribution in [2.24, 2.45) is 0 Å². The normalized spacial score (nSPS) is 11.5. The van der Waals surface area contributed by atoms with Gasteiger partial charge in [-0.25, -0.2) is 4.98 Å². The molecule has 266 valence electrons. The summed E-state index contributed by atoms with van der Waals surface area (Å²) in [6.45, 7) is 10.8. The fourth-order valence-electron chi connectivity index (χ4n) is 4.04. The first-order valence-corrected chi connectivity index (χ1v) is 16.7. The number of hydrogen-bond acceptors (Lipinski definition) is 12. The van der Waals surface area contributed by atoms with E-state index in [-0.39, 0.29) is 41.6 Å². The summed E-state index contributed by atoms with van der Waals surface area (Å²) in [7, 11) is 1.46. The smallest absolute Gasteiger partial charge is 0.275 e. The molecule has 1 aromatic carbocycles. The Balaban J connectivity index is 1.16. The molecule has 0 spiro atoms. The lowest BCUT2D eigenvalue weighted by molar-refractivity contribution is -0.121. The van der Waals surface area contributed by atoms with Crippen LogP contribution in [0.5, 0.6) is 5.75 Å². The van der Waals surface area contributed by atoms with Crippen molar-refractivity contribution in [3.05, 3.63) is 47.2 Å². The van der Waals surface area contributed by atoms with E-state index in [0.29, 0.717) is 88.8 Å². The van der Waals surface area contributed by atoms with Crippen LogP contribution in [-0.4, -0.2) is 112 Å². The molecule has 0 saturated heterocycles. The van der Waals surface area contributed by atoms with Gasteiger partial charge in [0.25, 0.3) is 11.8 Å². The number of fused-ring (bicyclic) bond motifs is 1. The van der Waals surface area contributed by atoms with Crippen molar-refractivity contribution >= 4 is 39.7 Å². The van der Waals surface area contributed by atoms with E-state index >= 15 is 0 Å². The Morgan fingerprint density at radius 1 is 0.854 bits per heavy atom. The molecule has 0 aliphatic carbocycles. The van der Waals surface area contributed by atoms with Crippen LogP contribution < -0.4 is 26.2 Å². The van der Waals surface area contributed by atoms with E-state index in [1.807, 2.05) is 32.3 Å². The van der Waals surface area contributed by atoms with Gasteiger partial charge in [-0.1, -0.05) is 0 Å². The summed E-state index contributed by atoms with van der Waals surface area (Å²) < 4.78 is 28.9. The molecule has 3 amide bonds. The average molecular weight is 693 g/mol. The molecule has 0 aliphatic heterocycles. The Labute approximate surface area is 284 Å². The molecular formula is C32H48N6O9S. The molecule has 3 rings (SSSR count). The van der Waals surface area contributed by atoms with Crippen LogP contribution in [0.1, 0.15) is 54.5 Å². The highest BCUT2D eigenvalue weighted by Gasteiger charge is 2.16. The second-order valence-electron chi connectivity index (χ2n) is 11.4. The maximum atomic E-state index is 12.9. The zero-order chi connectivity index (χ0) is 34.6. The molecular weight excluding hydrogens is 644 g/mol. The number of nitrogens with one attached hydrogen (secondary N) is 4. The van der Waals surface area contributed by atoms with Gasteiger partial charge in [-0.15, -0.1) is 11.3 Å². The van der Waals surface area contributed by atoms with Gasteiger partial charge in [-0.2, -0.15) is 5.48 Å². The second kappa shape index (κ2) is 21.4. The average Bonchev–Trinajstić information content (AvgIpc) is 3.67. The zero-order valence-corrected chi connectivity index (χ0v) is 28.9. The minimum Gasteiger partial charge on any atom is -0.496 e. The van der Waals surface area contributed by atoms with Gasteiger partial charge in [0.05, 0.1) is 71.1 Å². The number of carbonyl (C=O) groups excluding carboxylic acids is 3. The molecule has 0 aliphatic rings. The third-order valence-corrected chi connectivity index (χ3v) is 7.08. The topological polar surface area (TPSA) is 172 Å². The van der Waals surface area contributed by atoms with Crippen molar-refractivity contribution in [1.29, 1.82) is 0 Å². The van der Waals surface area contributed by atoms with Gasteiger partial charge in [0.15, 0.2) is 4.96 Å². The lowest BCUT2D eigenvalue weighted by Crippen LogP contribution is -2.31. The summed E-state index contributed by atoms with van der Waals surface area (Å²) in [5, 5.41) is 10.2. The standard InChI is InChI=1S/C32H48N6O9S/c1-32(2,3)47-35-11-14-44-16-18-46-20-19-45-17-15-43-13-10-33-28(39)6-5-9-34-29(40)25-22-24(7-8-27(25)42-4)36-30(41)26-23-38-12-21-48-31(38)37-26/h7-8,12,21-23,35H,5-6,9-11,13-20H2,1-4H3,(H,33,39)(H,34,40)(H,36,41). The maximum absolute atomic E-state index is 12.9. The van der Waals surface area contributed by atoms with Crippen LogP contribution >= 0.6 is 11.3 Å². The number of carbonyl (C=O) groups is 3. The SMILES string of the molecule is COc1ccc(NC(=O)c2cn3ccsc3n2)cc1C(=O)NCCCC(=O)NCCOCCOCCOCCOCCNOC(C)(C)C. The molecule has 0 fully saturated rings. The number of anilines is 1. The molecule has 0 radical (unpaired) electrons. The summed E-state index contributed by atoms with van der Waals surface area (Å²) in [5.41, 5.74) is 3.58. The van der Waals surface area contributed by atoms with Crippen molar-refractivity contribution < 1.29 is 42.9 Å². The number of nitrogens with zero attached hydrogens (tertiary/aromatic N) is 2. The van der Waals surface area contributed by atoms with Gasteiger partial charge < -0.3 is 39.6 Å². The summed E-state index contributed by atoms with van der Waals surface area (Å²) in [5.74, 6) is -0.551. The molecule has 0 saturated carbocycles. The molecule has 15 nitrogen and oxygen atoms in total. The number of rotatable bonds is 24. The van der Waals surface area contributed by atoms with E-state index < -0.39 is 5.91 Å². The third-order valence-electron chi connectivity index (χ3n) is 6.31. The van der Waals surface area contributed by atoms with Crippen LogP contribution in [0.15, 0.2) is 36.0 Å². The molecule has 3 aromatic rings. The van der Waals surface area contributed by atoms with Crippen LogP contribution in [0.2, 0.25) is 0 Å². The Morgan fingerprint density at radius 2 is 1.52 bits per heavy atom. The van der Waals surface area contributed by atoms with Crippen molar-refractivity contribution in [2.75, 3.05) is 84.9 Å². The van der Waals surface area contributed by atoms with Crippen molar-refractivity contribution in [3.63, 3.8) is 0 Å². The number of thiazole rings is 1. The monoisotopic (exact) mass is 692 g/mol. The van der Waals surface area contributed by atoms with Crippen LogP contribution in [0.25, 0.3) is 4.96 Å². The van der Waals surface area contributed by atoms with Crippen molar-refractivity contribution in [3.8, 4) is 5.75 Å². The number of hydroxylamine groups is 1. The predicted molar refractivity (Wildman–Crippen MR) is 181 cm³/mol. The molecule has 2 aromatic heterocycles. The number of imidazole rings is 1. The first-order chi connectivity index (χ1) is 23.2. The first kappa shape index (κ1) is 38.8. The first-order valence-electron chi connectivity index (χ1n) is 15.8. The van der Waals surface area contributed by atoms with Crippen LogP contribution in [0.4, 0.5) is 5.69 Å². The van der Waals surface area contributed by atoms with E-state index in [9.17, 15) is 14.4 Å². The fourth-order valence-corrected chi connectivity index (χ4v) is 4.74. The zero-order valence-electron chi connectivity index (χ0n) is 28.1. The summed E-state index contributed by atoms with van der Waals surface area (Å²) in [6.07, 6.45) is 4.15. The highest BCUT2D eigenvalue weighted by molar-refractivity contribution is 7.15. The van der Waals surface area contributed by atoms with Crippen molar-refractivity contribution in [1.82, 2.24) is 25.5 Å². The van der Waals surface area contributed by atoms with E-state index in [4.69, 9.17) is 28.5 Å². The molecule has 48 heavy (non-hydrogen) atoms. The summed E-state index contributed by atoms with van der Waals surface area (Å²) in [4.78, 5) is 48.1. The number of aromatic nitrogens is 2. The molecule has 4 N–H and O–H groups in total. The Bertz CT molecular complexity index is 1380. The predicted octanol–water partition coefficient (Wildman–Crippen LogP) is 2.67. The van der Waals surface area contributed by atoms with Gasteiger partial charge in [-0.3, -0.25) is 23.6 Å². The Kier molecular flexibility index (Phi) is 17.3. The van der Waals surface area contributed by atoms with E-state index in [1.165, 1.54) is 18.4 Å². The number of amides is 3. The highest BCUT2D eigenvalue weighted by atomic mass is 32.1. The van der Waals surface area contributed by atoms with Gasteiger partial charge in [0, 0.05) is 49.5 Å². The number of ether oxygens (including phenoxy) is 5. The van der Waals surface area contributed by atoms with Gasteiger partial charge >= 0.3 is 0 Å². The van der Waals surface area contributed by atoms with E-state index in [0.717, 1.165) is 0 Å². The largest absolute Gasteiger partial charge is 0.496 e. The summed E-state index contributed by atoms with van der Waals surface area (Å²) >= 11 is 1.43. The molecule has 0 bridgehead atoms. The quantitative estimate of drug-likeness (QED) is 0.0804. The number of hydrogen-bond donors (Lipinski definition) is 4. The van der Waals surface area contributed by atoms with E-state index in [1.54, 1.807) is 28.8 Å². The van der Waals surface area contributed by atoms with Gasteiger partial charge in [0.2, 0.25) is 5.91 Å². The lowest BCUT2D eigenvalue weighted by Gasteiger charge is -2.19. The molecule has 16 heteroatoms. The van der Waals surface area contributed by atoms with Crippen molar-refractivity contribution in [2.45, 2.75) is 39.2 Å². The van der Waals surface area contributed by atoms with Gasteiger partial charge in [0.1, 0.15) is 11.4 Å². The fraction of sp³-hybridized carbons (Fsp3) is 0.562. The molecule has 2 heterocycles. The minimum atomic E-state index is -0.390. The third kappa shape index (κ3) is 15.1. The number of methoxy groups -OCH3 is 1. The van der Waals surface area contributed by atoms with Crippen LogP contribution in [-0.2, 0) is 28.6 Å². The minimum absolute atomic E-state index is 0.138. The molecule has 0 atom stereocenters. The maximum Gasteiger partial charge on any atom is 0.275 e. The molecule has 0 unspecified atom stereocenters. The highest BCUT2D eigenvalue weighted by Crippen LogP contribution is 2.23. The van der Waals surface area contributed by atoms with Crippen LogP contribution in [0, 0.1) is 0 Å². The number of benzene rings is 1. The van der Waals surface area contributed by atoms with Crippen LogP contribution in [0.3, 0.4) is 0 Å². The Morgan fingerprint density at radius 3 is 2.17 bits per heavy atom. The second-order valence-corrected chi connectivity index (χ2v) is 12.2. The summed E-state index contributed by atoms with van der Waals surface area (Å²) in [6, 6.07) is 4.79. The van der Waals surface area contributed by atoms with Gasteiger partial charge in [-0.05, 0) is 45.4 Å². The Hall–Kier alpha value is -3.64. The lowest BCUT2D eigenvalue weighted by atomic mass is 10.1.